The highest BCUT2D eigenvalue weighted by Crippen LogP contribution is 2.35. The van der Waals surface area contributed by atoms with Crippen LogP contribution in [0.2, 0.25) is 0 Å². The molecule has 0 unspecified atom stereocenters. The van der Waals surface area contributed by atoms with E-state index in [1.807, 2.05) is 24.6 Å². The van der Waals surface area contributed by atoms with E-state index in [1.165, 1.54) is 11.3 Å². The van der Waals surface area contributed by atoms with Gasteiger partial charge in [-0.3, -0.25) is 0 Å². The molecule has 3 rings (SSSR count). The summed E-state index contributed by atoms with van der Waals surface area (Å²) in [6, 6.07) is 0. The van der Waals surface area contributed by atoms with E-state index in [2.05, 4.69) is 35.8 Å². The summed E-state index contributed by atoms with van der Waals surface area (Å²) in [6.07, 6.45) is 3.25. The molecule has 0 saturated carbocycles. The summed E-state index contributed by atoms with van der Waals surface area (Å²) in [4.78, 5) is 7.66. The smallest absolute Gasteiger partial charge is 0.214 e. The predicted octanol–water partition coefficient (Wildman–Crippen LogP) is 2.88. The van der Waals surface area contributed by atoms with Crippen molar-refractivity contribution in [1.29, 1.82) is 0 Å². The van der Waals surface area contributed by atoms with E-state index in [4.69, 9.17) is 0 Å². The minimum Gasteiger partial charge on any atom is -0.344 e. The summed E-state index contributed by atoms with van der Waals surface area (Å²) >= 11 is 1.53. The van der Waals surface area contributed by atoms with E-state index in [-0.39, 0.29) is 11.2 Å². The molecule has 1 aliphatic rings. The van der Waals surface area contributed by atoms with Crippen molar-refractivity contribution in [3.05, 3.63) is 11.9 Å². The van der Waals surface area contributed by atoms with Gasteiger partial charge >= 0.3 is 0 Å². The van der Waals surface area contributed by atoms with Gasteiger partial charge in [0.1, 0.15) is 0 Å². The van der Waals surface area contributed by atoms with Crippen molar-refractivity contribution in [2.24, 2.45) is 0 Å². The SMILES string of the molecule is CCC1(CC)CN(c2nn3cc(C(C)(C)C)nc3s2)CCS1(=O)=O. The van der Waals surface area contributed by atoms with Gasteiger partial charge in [0.25, 0.3) is 0 Å². The molecule has 1 fully saturated rings. The molecule has 0 aromatic carbocycles. The summed E-state index contributed by atoms with van der Waals surface area (Å²) in [5.41, 5.74) is 1.01. The van der Waals surface area contributed by atoms with E-state index in [0.29, 0.717) is 25.9 Å². The minimum absolute atomic E-state index is 0.00758. The average molecular weight is 371 g/mol. The Kier molecular flexibility index (Phi) is 4.19. The molecule has 0 N–H and O–H groups in total. The van der Waals surface area contributed by atoms with E-state index in [9.17, 15) is 8.42 Å². The maximum Gasteiger partial charge on any atom is 0.214 e. The number of aromatic nitrogens is 3. The number of fused-ring (bicyclic) bond motifs is 1. The Hall–Kier alpha value is -1.15. The van der Waals surface area contributed by atoms with Gasteiger partial charge in [0.15, 0.2) is 9.84 Å². The first-order valence-electron chi connectivity index (χ1n) is 8.46. The van der Waals surface area contributed by atoms with Gasteiger partial charge in [0, 0.05) is 18.5 Å². The lowest BCUT2D eigenvalue weighted by atomic mass is 9.93. The van der Waals surface area contributed by atoms with Crippen LogP contribution in [-0.4, -0.2) is 46.6 Å². The fraction of sp³-hybridized carbons (Fsp3) is 0.750. The van der Waals surface area contributed by atoms with Crippen molar-refractivity contribution in [2.75, 3.05) is 23.7 Å². The Morgan fingerprint density at radius 3 is 2.50 bits per heavy atom. The second-order valence-electron chi connectivity index (χ2n) is 7.62. The zero-order valence-corrected chi connectivity index (χ0v) is 16.7. The normalized spacial score (nSPS) is 20.6. The van der Waals surface area contributed by atoms with Gasteiger partial charge in [0.05, 0.1) is 22.4 Å². The van der Waals surface area contributed by atoms with Crippen molar-refractivity contribution in [3.63, 3.8) is 0 Å². The number of anilines is 1. The molecule has 24 heavy (non-hydrogen) atoms. The second kappa shape index (κ2) is 5.69. The molecule has 0 radical (unpaired) electrons. The maximum absolute atomic E-state index is 12.6. The van der Waals surface area contributed by atoms with Gasteiger partial charge in [-0.25, -0.2) is 17.9 Å². The van der Waals surface area contributed by atoms with Crippen LogP contribution in [-0.2, 0) is 15.3 Å². The van der Waals surface area contributed by atoms with Gasteiger partial charge in [-0.1, -0.05) is 46.0 Å². The number of rotatable bonds is 3. The van der Waals surface area contributed by atoms with Gasteiger partial charge in [-0.2, -0.15) is 0 Å². The molecule has 3 heterocycles. The molecule has 6 nitrogen and oxygen atoms in total. The van der Waals surface area contributed by atoms with Crippen LogP contribution < -0.4 is 4.90 Å². The van der Waals surface area contributed by atoms with Crippen LogP contribution in [0.5, 0.6) is 0 Å². The molecule has 8 heteroatoms. The Morgan fingerprint density at radius 1 is 1.29 bits per heavy atom. The van der Waals surface area contributed by atoms with E-state index in [0.717, 1.165) is 15.8 Å². The standard InChI is InChI=1S/C16H26N4O2S2/c1-6-16(7-2)11-19(8-9-24(16,21)22)14-18-20-10-12(15(3,4)5)17-13(20)23-14/h10H,6-9,11H2,1-5H3. The van der Waals surface area contributed by atoms with Crippen LogP contribution in [0.15, 0.2) is 6.20 Å². The van der Waals surface area contributed by atoms with Gasteiger partial charge < -0.3 is 4.90 Å². The Bertz CT molecular complexity index is 810. The summed E-state index contributed by atoms with van der Waals surface area (Å²) < 4.78 is 26.3. The van der Waals surface area contributed by atoms with Crippen molar-refractivity contribution >= 4 is 31.3 Å². The Balaban J connectivity index is 1.92. The minimum atomic E-state index is -3.06. The third-order valence-electron chi connectivity index (χ3n) is 5.13. The first-order chi connectivity index (χ1) is 11.1. The molecule has 1 saturated heterocycles. The maximum atomic E-state index is 12.6. The first-order valence-corrected chi connectivity index (χ1v) is 10.9. The summed E-state index contributed by atoms with van der Waals surface area (Å²) in [7, 11) is -3.06. The monoisotopic (exact) mass is 370 g/mol. The molecular weight excluding hydrogens is 344 g/mol. The predicted molar refractivity (Wildman–Crippen MR) is 98.9 cm³/mol. The van der Waals surface area contributed by atoms with Crippen molar-refractivity contribution in [2.45, 2.75) is 57.6 Å². The highest BCUT2D eigenvalue weighted by Gasteiger charge is 2.45. The van der Waals surface area contributed by atoms with Crippen molar-refractivity contribution in [3.8, 4) is 0 Å². The summed E-state index contributed by atoms with van der Waals surface area (Å²) in [5, 5.41) is 5.52. The molecule has 0 amide bonds. The lowest BCUT2D eigenvalue weighted by Gasteiger charge is -2.41. The fourth-order valence-electron chi connectivity index (χ4n) is 3.23. The molecule has 0 atom stereocenters. The first kappa shape index (κ1) is 17.7. The van der Waals surface area contributed by atoms with Gasteiger partial charge in [0.2, 0.25) is 10.1 Å². The third-order valence-corrected chi connectivity index (χ3v) is 8.86. The number of imidazole rings is 1. The van der Waals surface area contributed by atoms with Gasteiger partial charge in [-0.15, -0.1) is 5.10 Å². The molecule has 0 spiro atoms. The molecule has 0 bridgehead atoms. The van der Waals surface area contributed by atoms with Crippen molar-refractivity contribution < 1.29 is 8.42 Å². The van der Waals surface area contributed by atoms with Crippen LogP contribution in [0.1, 0.15) is 53.2 Å². The van der Waals surface area contributed by atoms with Crippen LogP contribution in [0.4, 0.5) is 5.13 Å². The fourth-order valence-corrected chi connectivity index (χ4v) is 6.26. The van der Waals surface area contributed by atoms with Crippen LogP contribution >= 0.6 is 11.3 Å². The zero-order chi connectivity index (χ0) is 17.8. The molecule has 2 aromatic heterocycles. The highest BCUT2D eigenvalue weighted by molar-refractivity contribution is 7.92. The number of hydrogen-bond acceptors (Lipinski definition) is 6. The Labute approximate surface area is 147 Å². The van der Waals surface area contributed by atoms with Gasteiger partial charge in [-0.05, 0) is 12.8 Å². The lowest BCUT2D eigenvalue weighted by Crippen LogP contribution is -2.55. The molecule has 1 aliphatic heterocycles. The topological polar surface area (TPSA) is 67.6 Å². The summed E-state index contributed by atoms with van der Waals surface area (Å²) in [6.45, 7) is 11.4. The Morgan fingerprint density at radius 2 is 1.96 bits per heavy atom. The zero-order valence-electron chi connectivity index (χ0n) is 15.0. The molecule has 134 valence electrons. The summed E-state index contributed by atoms with van der Waals surface area (Å²) in [5.74, 6) is 0.198. The molecule has 0 aliphatic carbocycles. The van der Waals surface area contributed by atoms with E-state index < -0.39 is 14.6 Å². The lowest BCUT2D eigenvalue weighted by molar-refractivity contribution is 0.458. The molecule has 2 aromatic rings. The van der Waals surface area contributed by atoms with Crippen LogP contribution in [0, 0.1) is 0 Å². The van der Waals surface area contributed by atoms with E-state index >= 15 is 0 Å². The number of hydrogen-bond donors (Lipinski definition) is 0. The number of nitrogens with zero attached hydrogens (tertiary/aromatic N) is 4. The van der Waals surface area contributed by atoms with Crippen LogP contribution in [0.3, 0.4) is 0 Å². The third kappa shape index (κ3) is 2.73. The molecular formula is C16H26N4O2S2. The van der Waals surface area contributed by atoms with Crippen LogP contribution in [0.25, 0.3) is 4.96 Å². The quantitative estimate of drug-likeness (QED) is 0.831. The largest absolute Gasteiger partial charge is 0.344 e. The number of sulfone groups is 1. The van der Waals surface area contributed by atoms with Crippen molar-refractivity contribution in [1.82, 2.24) is 14.6 Å². The second-order valence-corrected chi connectivity index (χ2v) is 11.1. The van der Waals surface area contributed by atoms with E-state index in [1.54, 1.807) is 0 Å². The highest BCUT2D eigenvalue weighted by atomic mass is 32.2. The average Bonchev–Trinajstić information content (AvgIpc) is 3.05.